The molecule has 1 aromatic heterocycles. The van der Waals surface area contributed by atoms with Gasteiger partial charge in [-0.3, -0.25) is 4.79 Å². The maximum Gasteiger partial charge on any atom is 0.230 e. The van der Waals surface area contributed by atoms with Crippen LogP contribution in [0.4, 0.5) is 0 Å². The average Bonchev–Trinajstić information content (AvgIpc) is 3.30. The largest absolute Gasteiger partial charge is 0.387 e. The van der Waals surface area contributed by atoms with E-state index in [0.717, 1.165) is 42.2 Å². The predicted octanol–water partition coefficient (Wildman–Crippen LogP) is 4.79. The van der Waals surface area contributed by atoms with Crippen LogP contribution in [-0.2, 0) is 11.8 Å². The summed E-state index contributed by atoms with van der Waals surface area (Å²) in [5.74, 6) is 3.46. The van der Waals surface area contributed by atoms with Crippen LogP contribution in [0.5, 0.6) is 0 Å². The van der Waals surface area contributed by atoms with Gasteiger partial charge in [0.25, 0.3) is 0 Å². The lowest BCUT2D eigenvalue weighted by Gasteiger charge is -2.61. The SMILES string of the molecule is Cn1ccnc1SCC(=O)NC[C@@]1(O)CCC2C3CCC4CCCC[C@]4(C)C3CC[C@@]21C. The van der Waals surface area contributed by atoms with Gasteiger partial charge in [0.2, 0.25) is 5.91 Å². The lowest BCUT2D eigenvalue weighted by atomic mass is 9.44. The molecular formula is C26H41N3O2S. The quantitative estimate of drug-likeness (QED) is 0.621. The van der Waals surface area contributed by atoms with Gasteiger partial charge in [0, 0.05) is 31.4 Å². The van der Waals surface area contributed by atoms with Gasteiger partial charge < -0.3 is 15.0 Å². The number of nitrogens with one attached hydrogen (secondary N) is 1. The molecule has 1 heterocycles. The second-order valence-corrected chi connectivity index (χ2v) is 12.8. The average molecular weight is 460 g/mol. The van der Waals surface area contributed by atoms with Crippen molar-refractivity contribution in [3.05, 3.63) is 12.4 Å². The molecule has 4 aliphatic rings. The van der Waals surface area contributed by atoms with E-state index in [4.69, 9.17) is 0 Å². The Morgan fingerprint density at radius 3 is 2.75 bits per heavy atom. The van der Waals surface area contributed by atoms with Crippen LogP contribution in [0, 0.1) is 34.5 Å². The fourth-order valence-electron chi connectivity index (χ4n) is 8.61. The van der Waals surface area contributed by atoms with Crippen molar-refractivity contribution in [2.24, 2.45) is 41.5 Å². The first kappa shape index (κ1) is 22.8. The number of aromatic nitrogens is 2. The van der Waals surface area contributed by atoms with Gasteiger partial charge in [0.05, 0.1) is 11.4 Å². The molecule has 4 aliphatic carbocycles. The molecule has 4 saturated carbocycles. The number of rotatable bonds is 5. The molecule has 1 amide bonds. The minimum Gasteiger partial charge on any atom is -0.387 e. The Kier molecular flexibility index (Phi) is 5.93. The molecule has 0 aliphatic heterocycles. The molecule has 5 rings (SSSR count). The van der Waals surface area contributed by atoms with Crippen LogP contribution < -0.4 is 5.32 Å². The molecule has 0 aromatic carbocycles. The summed E-state index contributed by atoms with van der Waals surface area (Å²) in [6, 6.07) is 0. The van der Waals surface area contributed by atoms with E-state index in [1.807, 2.05) is 17.8 Å². The monoisotopic (exact) mass is 459 g/mol. The molecule has 2 N–H and O–H groups in total. The summed E-state index contributed by atoms with van der Waals surface area (Å²) in [7, 11) is 1.94. The zero-order valence-electron chi connectivity index (χ0n) is 20.1. The molecule has 0 radical (unpaired) electrons. The van der Waals surface area contributed by atoms with Gasteiger partial charge in [-0.1, -0.05) is 38.5 Å². The summed E-state index contributed by atoms with van der Waals surface area (Å²) in [5.41, 5.74) is -0.331. The van der Waals surface area contributed by atoms with Gasteiger partial charge in [0.1, 0.15) is 0 Å². The molecule has 0 spiro atoms. The van der Waals surface area contributed by atoms with Crippen molar-refractivity contribution in [2.45, 2.75) is 88.8 Å². The molecule has 178 valence electrons. The van der Waals surface area contributed by atoms with Gasteiger partial charge >= 0.3 is 0 Å². The lowest BCUT2D eigenvalue weighted by molar-refractivity contribution is -0.151. The Balaban J connectivity index is 1.24. The fourth-order valence-corrected chi connectivity index (χ4v) is 9.37. The maximum atomic E-state index is 12.6. The lowest BCUT2D eigenvalue weighted by Crippen LogP contribution is -2.58. The van der Waals surface area contributed by atoms with Crippen molar-refractivity contribution in [3.63, 3.8) is 0 Å². The summed E-state index contributed by atoms with van der Waals surface area (Å²) in [5, 5.41) is 15.8. The number of thioether (sulfide) groups is 1. The molecular weight excluding hydrogens is 418 g/mol. The van der Waals surface area contributed by atoms with Gasteiger partial charge in [0.15, 0.2) is 5.16 Å². The van der Waals surface area contributed by atoms with Crippen molar-refractivity contribution in [1.29, 1.82) is 0 Å². The smallest absolute Gasteiger partial charge is 0.230 e. The Hall–Kier alpha value is -1.01. The van der Waals surface area contributed by atoms with Crippen molar-refractivity contribution in [3.8, 4) is 0 Å². The van der Waals surface area contributed by atoms with E-state index in [1.54, 1.807) is 6.20 Å². The molecule has 5 nitrogen and oxygen atoms in total. The summed E-state index contributed by atoms with van der Waals surface area (Å²) in [6.07, 6.45) is 16.4. The van der Waals surface area contributed by atoms with E-state index in [0.29, 0.717) is 23.6 Å². The van der Waals surface area contributed by atoms with E-state index >= 15 is 0 Å². The topological polar surface area (TPSA) is 67.2 Å². The second-order valence-electron chi connectivity index (χ2n) is 11.8. The number of aryl methyl sites for hydroxylation is 1. The number of carbonyl (C=O) groups excluding carboxylic acids is 1. The number of carbonyl (C=O) groups is 1. The third-order valence-corrected chi connectivity index (χ3v) is 11.7. The first-order valence-corrected chi connectivity index (χ1v) is 13.8. The molecule has 1 aromatic rings. The van der Waals surface area contributed by atoms with Gasteiger partial charge in [-0.05, 0) is 80.5 Å². The van der Waals surface area contributed by atoms with Crippen LogP contribution in [0.2, 0.25) is 0 Å². The first-order chi connectivity index (χ1) is 15.3. The summed E-state index contributed by atoms with van der Waals surface area (Å²) in [6.45, 7) is 5.33. The van der Waals surface area contributed by atoms with Crippen LogP contribution in [0.25, 0.3) is 0 Å². The van der Waals surface area contributed by atoms with Crippen molar-refractivity contribution < 1.29 is 9.90 Å². The highest BCUT2D eigenvalue weighted by atomic mass is 32.2. The number of aliphatic hydroxyl groups is 1. The number of hydrogen-bond acceptors (Lipinski definition) is 4. The second kappa shape index (κ2) is 8.33. The van der Waals surface area contributed by atoms with Gasteiger partial charge in [-0.2, -0.15) is 0 Å². The Morgan fingerprint density at radius 2 is 1.97 bits per heavy atom. The number of fused-ring (bicyclic) bond motifs is 5. The minimum absolute atomic E-state index is 0.0117. The predicted molar refractivity (Wildman–Crippen MR) is 128 cm³/mol. The zero-order valence-corrected chi connectivity index (χ0v) is 20.9. The molecule has 32 heavy (non-hydrogen) atoms. The molecule has 6 heteroatoms. The number of hydrogen-bond donors (Lipinski definition) is 2. The Morgan fingerprint density at radius 1 is 1.16 bits per heavy atom. The molecule has 0 bridgehead atoms. The maximum absolute atomic E-state index is 12.6. The van der Waals surface area contributed by atoms with E-state index < -0.39 is 5.60 Å². The van der Waals surface area contributed by atoms with Gasteiger partial charge in [-0.15, -0.1) is 0 Å². The van der Waals surface area contributed by atoms with E-state index in [-0.39, 0.29) is 11.3 Å². The number of imidazole rings is 1. The zero-order chi connectivity index (χ0) is 22.6. The summed E-state index contributed by atoms with van der Waals surface area (Å²) in [4.78, 5) is 16.8. The molecule has 0 saturated heterocycles. The van der Waals surface area contributed by atoms with E-state index in [9.17, 15) is 9.90 Å². The standard InChI is InChI=1S/C26H41N3O2S/c1-24-11-5-4-6-18(24)7-8-19-20(24)9-12-25(2)21(19)10-13-26(25,31)17-28-22(30)16-32-23-27-14-15-29(23)3/h14-15,18-21,31H,4-13,16-17H2,1-3H3,(H,28,30)/t18?,19?,20?,21?,24-,25-,26-/m0/s1. The minimum atomic E-state index is -0.781. The molecule has 4 fully saturated rings. The first-order valence-electron chi connectivity index (χ1n) is 12.9. The normalized spacial score (nSPS) is 43.2. The highest BCUT2D eigenvalue weighted by Crippen LogP contribution is 2.68. The van der Waals surface area contributed by atoms with Crippen LogP contribution in [0.3, 0.4) is 0 Å². The van der Waals surface area contributed by atoms with Crippen LogP contribution in [0.1, 0.15) is 78.1 Å². The van der Waals surface area contributed by atoms with Crippen molar-refractivity contribution >= 4 is 17.7 Å². The van der Waals surface area contributed by atoms with Crippen molar-refractivity contribution in [1.82, 2.24) is 14.9 Å². The number of amides is 1. The summed E-state index contributed by atoms with van der Waals surface area (Å²) < 4.78 is 1.92. The highest BCUT2D eigenvalue weighted by molar-refractivity contribution is 7.99. The van der Waals surface area contributed by atoms with E-state index in [2.05, 4.69) is 24.1 Å². The Bertz CT molecular complexity index is 858. The summed E-state index contributed by atoms with van der Waals surface area (Å²) >= 11 is 1.45. The third-order valence-electron chi connectivity index (χ3n) is 10.6. The van der Waals surface area contributed by atoms with Gasteiger partial charge in [-0.25, -0.2) is 4.98 Å². The fraction of sp³-hybridized carbons (Fsp3) is 0.846. The van der Waals surface area contributed by atoms with Crippen LogP contribution in [-0.4, -0.2) is 38.5 Å². The van der Waals surface area contributed by atoms with Crippen LogP contribution in [0.15, 0.2) is 17.6 Å². The highest BCUT2D eigenvalue weighted by Gasteiger charge is 2.64. The molecule has 7 atom stereocenters. The van der Waals surface area contributed by atoms with E-state index in [1.165, 1.54) is 56.7 Å². The Labute approximate surface area is 197 Å². The van der Waals surface area contributed by atoms with Crippen molar-refractivity contribution in [2.75, 3.05) is 12.3 Å². The third kappa shape index (κ3) is 3.55. The number of nitrogens with zero attached hydrogens (tertiary/aromatic N) is 2. The van der Waals surface area contributed by atoms with Crippen LogP contribution >= 0.6 is 11.8 Å². The molecule has 4 unspecified atom stereocenters.